The highest BCUT2D eigenvalue weighted by Crippen LogP contribution is 2.33. The molecule has 0 spiro atoms. The van der Waals surface area contributed by atoms with Crippen molar-refractivity contribution in [2.75, 3.05) is 11.4 Å². The van der Waals surface area contributed by atoms with Crippen LogP contribution in [0.2, 0.25) is 0 Å². The molecule has 2 N–H and O–H groups in total. The lowest BCUT2D eigenvalue weighted by atomic mass is 9.84. The van der Waals surface area contributed by atoms with Gasteiger partial charge >= 0.3 is 5.97 Å². The number of aromatic carboxylic acids is 1. The van der Waals surface area contributed by atoms with E-state index in [1.165, 1.54) is 60.1 Å². The number of rotatable bonds is 12. The van der Waals surface area contributed by atoms with Gasteiger partial charge in [-0.2, -0.15) is 4.31 Å². The summed E-state index contributed by atoms with van der Waals surface area (Å²) in [7, 11) is -4.34. The molecule has 0 aromatic heterocycles. The first-order valence-corrected chi connectivity index (χ1v) is 17.3. The van der Waals surface area contributed by atoms with Crippen molar-refractivity contribution in [1.82, 2.24) is 4.31 Å². The standard InChI is InChI=1S/C37H38F2N2O6S/c1-25-7-16-33(17-8-25)48(46,47)40(23-29-13-14-31(39)19-30(29)21-38)24-36(43)41(32-15-18-34(37(44)45)35(42)20-32)22-26-9-11-28(12-10-26)27-5-3-2-4-6-27/h7-20,27,42H,2-6,21-24H2,1H3,(H,44,45). The number of carbonyl (C=O) groups excluding carboxylic acids is 1. The topological polar surface area (TPSA) is 115 Å². The number of anilines is 1. The highest BCUT2D eigenvalue weighted by molar-refractivity contribution is 7.89. The van der Waals surface area contributed by atoms with Crippen LogP contribution in [0, 0.1) is 12.7 Å². The van der Waals surface area contributed by atoms with Crippen LogP contribution in [0.25, 0.3) is 0 Å². The van der Waals surface area contributed by atoms with Crippen molar-refractivity contribution in [2.45, 2.75) is 69.6 Å². The number of amides is 1. The Bertz CT molecular complexity index is 1880. The average Bonchev–Trinajstić information content (AvgIpc) is 3.08. The minimum Gasteiger partial charge on any atom is -0.507 e. The second-order valence-corrected chi connectivity index (χ2v) is 14.1. The molecule has 11 heteroatoms. The number of carboxylic acid groups (broad SMARTS) is 1. The molecule has 1 amide bonds. The molecular weight excluding hydrogens is 638 g/mol. The van der Waals surface area contributed by atoms with Gasteiger partial charge in [-0.15, -0.1) is 0 Å². The number of phenols is 1. The van der Waals surface area contributed by atoms with Crippen LogP contribution in [0.1, 0.15) is 76.2 Å². The SMILES string of the molecule is Cc1ccc(S(=O)(=O)N(CC(=O)N(Cc2ccc(C3CCCCC3)cc2)c2ccc(C(=O)O)c(O)c2)Cc2ccc(F)cc2CF)cc1. The van der Waals surface area contributed by atoms with Crippen LogP contribution in [0.3, 0.4) is 0 Å². The number of sulfonamides is 1. The predicted molar refractivity (Wildman–Crippen MR) is 179 cm³/mol. The average molecular weight is 677 g/mol. The number of alkyl halides is 1. The highest BCUT2D eigenvalue weighted by atomic mass is 32.2. The van der Waals surface area contributed by atoms with E-state index in [1.807, 2.05) is 24.3 Å². The van der Waals surface area contributed by atoms with Crippen LogP contribution in [0.4, 0.5) is 14.5 Å². The lowest BCUT2D eigenvalue weighted by molar-refractivity contribution is -0.119. The van der Waals surface area contributed by atoms with Crippen LogP contribution in [-0.4, -0.2) is 41.4 Å². The first-order valence-electron chi connectivity index (χ1n) is 15.8. The lowest BCUT2D eigenvalue weighted by Gasteiger charge is -2.28. The molecule has 48 heavy (non-hydrogen) atoms. The van der Waals surface area contributed by atoms with Crippen molar-refractivity contribution in [2.24, 2.45) is 0 Å². The van der Waals surface area contributed by atoms with Crippen molar-refractivity contribution >= 4 is 27.6 Å². The first kappa shape index (κ1) is 34.7. The van der Waals surface area contributed by atoms with E-state index < -0.39 is 53.2 Å². The number of hydrogen-bond acceptors (Lipinski definition) is 5. The summed E-state index contributed by atoms with van der Waals surface area (Å²) in [5.41, 5.74) is 2.69. The summed E-state index contributed by atoms with van der Waals surface area (Å²) in [5.74, 6) is -2.82. The Morgan fingerprint density at radius 1 is 0.854 bits per heavy atom. The normalized spacial score (nSPS) is 13.8. The maximum atomic E-state index is 14.2. The van der Waals surface area contributed by atoms with E-state index in [1.54, 1.807) is 19.1 Å². The highest BCUT2D eigenvalue weighted by Gasteiger charge is 2.31. The van der Waals surface area contributed by atoms with Crippen molar-refractivity contribution in [3.63, 3.8) is 0 Å². The quantitative estimate of drug-likeness (QED) is 0.161. The molecule has 0 atom stereocenters. The van der Waals surface area contributed by atoms with Crippen LogP contribution in [-0.2, 0) is 34.6 Å². The zero-order chi connectivity index (χ0) is 34.4. The molecule has 1 aliphatic rings. The molecule has 0 unspecified atom stereocenters. The molecule has 0 radical (unpaired) electrons. The largest absolute Gasteiger partial charge is 0.507 e. The molecule has 4 aromatic rings. The molecule has 0 bridgehead atoms. The summed E-state index contributed by atoms with van der Waals surface area (Å²) >= 11 is 0. The van der Waals surface area contributed by atoms with Crippen molar-refractivity contribution in [1.29, 1.82) is 0 Å². The molecule has 0 saturated heterocycles. The third-order valence-electron chi connectivity index (χ3n) is 8.85. The van der Waals surface area contributed by atoms with E-state index in [4.69, 9.17) is 0 Å². The molecule has 252 valence electrons. The van der Waals surface area contributed by atoms with E-state index in [2.05, 4.69) is 0 Å². The Morgan fingerprint density at radius 2 is 1.54 bits per heavy atom. The zero-order valence-corrected chi connectivity index (χ0v) is 27.4. The summed E-state index contributed by atoms with van der Waals surface area (Å²) < 4.78 is 56.8. The second-order valence-electron chi connectivity index (χ2n) is 12.2. The van der Waals surface area contributed by atoms with Crippen molar-refractivity contribution in [3.05, 3.63) is 124 Å². The maximum Gasteiger partial charge on any atom is 0.339 e. The predicted octanol–water partition coefficient (Wildman–Crippen LogP) is 7.48. The number of hydrogen-bond donors (Lipinski definition) is 2. The van der Waals surface area contributed by atoms with Gasteiger partial charge in [-0.25, -0.2) is 22.0 Å². The van der Waals surface area contributed by atoms with E-state index in [9.17, 15) is 37.0 Å². The Balaban J connectivity index is 1.51. The Morgan fingerprint density at radius 3 is 2.17 bits per heavy atom. The van der Waals surface area contributed by atoms with Crippen molar-refractivity contribution in [3.8, 4) is 5.75 Å². The van der Waals surface area contributed by atoms with Gasteiger partial charge in [0.15, 0.2) is 0 Å². The number of halogens is 2. The van der Waals surface area contributed by atoms with Gasteiger partial charge in [0.25, 0.3) is 0 Å². The van der Waals surface area contributed by atoms with Gasteiger partial charge in [-0.05, 0) is 84.3 Å². The molecule has 8 nitrogen and oxygen atoms in total. The van der Waals surface area contributed by atoms with E-state index >= 15 is 0 Å². The maximum absolute atomic E-state index is 14.2. The Hall–Kier alpha value is -4.61. The summed E-state index contributed by atoms with van der Waals surface area (Å²) in [5, 5.41) is 19.9. The number of carbonyl (C=O) groups is 2. The molecule has 0 aliphatic heterocycles. The summed E-state index contributed by atoms with van der Waals surface area (Å²) in [6.45, 7) is -0.373. The second kappa shape index (κ2) is 15.1. The summed E-state index contributed by atoms with van der Waals surface area (Å²) in [6, 6.07) is 21.0. The molecule has 0 heterocycles. The lowest BCUT2D eigenvalue weighted by Crippen LogP contribution is -2.42. The van der Waals surface area contributed by atoms with E-state index in [-0.39, 0.29) is 33.8 Å². The molecule has 1 saturated carbocycles. The molecular formula is C37H38F2N2O6S. The van der Waals surface area contributed by atoms with E-state index in [0.717, 1.165) is 46.5 Å². The molecule has 1 fully saturated rings. The number of aromatic hydroxyl groups is 1. The Labute approximate surface area is 279 Å². The van der Waals surface area contributed by atoms with Crippen LogP contribution in [0.5, 0.6) is 5.75 Å². The van der Waals surface area contributed by atoms with E-state index in [0.29, 0.717) is 5.92 Å². The monoisotopic (exact) mass is 676 g/mol. The fraction of sp³-hybridized carbons (Fsp3) is 0.297. The molecule has 5 rings (SSSR count). The third-order valence-corrected chi connectivity index (χ3v) is 10.7. The number of carboxylic acids is 1. The van der Waals surface area contributed by atoms with Crippen LogP contribution < -0.4 is 4.90 Å². The van der Waals surface area contributed by atoms with Gasteiger partial charge in [0.2, 0.25) is 15.9 Å². The van der Waals surface area contributed by atoms with Gasteiger partial charge in [0.05, 0.1) is 18.0 Å². The number of aryl methyl sites for hydroxylation is 1. The minimum absolute atomic E-state index is 0.0136. The Kier molecular flexibility index (Phi) is 10.9. The van der Waals surface area contributed by atoms with Gasteiger partial charge in [-0.1, -0.05) is 67.3 Å². The smallest absolute Gasteiger partial charge is 0.339 e. The van der Waals surface area contributed by atoms with Gasteiger partial charge in [-0.3, -0.25) is 4.79 Å². The summed E-state index contributed by atoms with van der Waals surface area (Å²) in [4.78, 5) is 27.0. The third kappa shape index (κ3) is 8.08. The molecule has 1 aliphatic carbocycles. The minimum atomic E-state index is -4.34. The summed E-state index contributed by atoms with van der Waals surface area (Å²) in [6.07, 6.45) is 5.81. The first-order chi connectivity index (χ1) is 23.0. The van der Waals surface area contributed by atoms with Gasteiger partial charge in [0.1, 0.15) is 23.8 Å². The fourth-order valence-corrected chi connectivity index (χ4v) is 7.46. The van der Waals surface area contributed by atoms with Crippen molar-refractivity contribution < 1.29 is 37.0 Å². The zero-order valence-electron chi connectivity index (χ0n) is 26.6. The number of nitrogens with zero attached hydrogens (tertiary/aromatic N) is 2. The van der Waals surface area contributed by atoms with Gasteiger partial charge < -0.3 is 15.1 Å². The van der Waals surface area contributed by atoms with Gasteiger partial charge in [0, 0.05) is 18.3 Å². The van der Waals surface area contributed by atoms with Crippen LogP contribution >= 0.6 is 0 Å². The van der Waals surface area contributed by atoms with Crippen LogP contribution in [0.15, 0.2) is 89.8 Å². The fourth-order valence-electron chi connectivity index (χ4n) is 6.09. The molecule has 4 aromatic carbocycles. The number of benzene rings is 4.